The van der Waals surface area contributed by atoms with E-state index in [9.17, 15) is 19.5 Å². The molecule has 0 spiro atoms. The lowest BCUT2D eigenvalue weighted by molar-refractivity contribution is -0.208. The quantitative estimate of drug-likeness (QED) is 0.294. The van der Waals surface area contributed by atoms with Crippen LogP contribution in [-0.2, 0) is 31.3 Å². The number of aliphatic hydroxyl groups is 3. The van der Waals surface area contributed by atoms with Gasteiger partial charge in [0.2, 0.25) is 5.72 Å². The number of hydrogen-bond acceptors (Lipinski definition) is 8. The molecule has 0 unspecified atom stereocenters. The molecule has 0 bridgehead atoms. The van der Waals surface area contributed by atoms with E-state index >= 15 is 0 Å². The van der Waals surface area contributed by atoms with Gasteiger partial charge in [0.1, 0.15) is 6.42 Å². The second-order valence-electron chi connectivity index (χ2n) is 9.90. The smallest absolute Gasteiger partial charge is 0.364 e. The number of benzene rings is 1. The number of hydrogen-bond donors (Lipinski definition) is 5. The van der Waals surface area contributed by atoms with Gasteiger partial charge >= 0.3 is 17.9 Å². The van der Waals surface area contributed by atoms with E-state index < -0.39 is 35.8 Å². The molecule has 1 aromatic heterocycles. The maximum atomic E-state index is 12.8. The fourth-order valence-electron chi connectivity index (χ4n) is 6.39. The summed E-state index contributed by atoms with van der Waals surface area (Å²) in [7, 11) is 1.37. The van der Waals surface area contributed by atoms with Crippen molar-refractivity contribution in [3.63, 3.8) is 0 Å². The standard InChI is InChI=1S/C21H26N2O3.C4H6O6/c1-3-20-10-6-11-22-12-9-15-14-7-4-5-8-16(14)23(17(15)18(20)22)21(25,13-20)19(24)26-2;5-2(6)1-4(9,10)3(7)8/h4-5,7-8,18,25H,3,6,9-13H2,1-2H3;9-10H,1H2,(H,5,6)(H,7,8)/t18-,20+,21+;/m1./s1. The van der Waals surface area contributed by atoms with Crippen molar-refractivity contribution in [2.24, 2.45) is 5.41 Å². The van der Waals surface area contributed by atoms with Gasteiger partial charge in [-0.2, -0.15) is 0 Å². The van der Waals surface area contributed by atoms with Crippen LogP contribution in [0.15, 0.2) is 24.3 Å². The SMILES string of the molecule is CC[C@]12CCCN3CCc4c(n(c5ccccc45)[C@@](O)(C(=O)OC)C1)[C@@H]32.O=C(O)CC(O)(O)C(=O)O. The van der Waals surface area contributed by atoms with Gasteiger partial charge in [-0.05, 0) is 49.3 Å². The number of nitrogens with zero attached hydrogens (tertiary/aromatic N) is 2. The summed E-state index contributed by atoms with van der Waals surface area (Å²) in [4.78, 5) is 34.9. The molecule has 3 aliphatic heterocycles. The predicted molar refractivity (Wildman–Crippen MR) is 126 cm³/mol. The van der Waals surface area contributed by atoms with Crippen LogP contribution < -0.4 is 0 Å². The Balaban J connectivity index is 0.000000261. The van der Waals surface area contributed by atoms with Gasteiger partial charge in [0.05, 0.1) is 18.7 Å². The van der Waals surface area contributed by atoms with Crippen LogP contribution in [0.25, 0.3) is 10.9 Å². The van der Waals surface area contributed by atoms with Gasteiger partial charge in [-0.1, -0.05) is 25.1 Å². The molecule has 0 aliphatic carbocycles. The summed E-state index contributed by atoms with van der Waals surface area (Å²) in [5.74, 6) is -7.27. The van der Waals surface area contributed by atoms with Gasteiger partial charge in [-0.25, -0.2) is 9.59 Å². The lowest BCUT2D eigenvalue weighted by Crippen LogP contribution is -2.60. The van der Waals surface area contributed by atoms with Gasteiger partial charge in [-0.15, -0.1) is 0 Å². The molecule has 11 nitrogen and oxygen atoms in total. The molecule has 3 aliphatic rings. The van der Waals surface area contributed by atoms with Crippen LogP contribution in [0.4, 0.5) is 0 Å². The van der Waals surface area contributed by atoms with E-state index in [1.807, 2.05) is 22.8 Å². The van der Waals surface area contributed by atoms with Crippen molar-refractivity contribution in [1.29, 1.82) is 0 Å². The molecule has 0 saturated carbocycles. The highest BCUT2D eigenvalue weighted by Gasteiger charge is 2.60. The van der Waals surface area contributed by atoms with Crippen molar-refractivity contribution in [1.82, 2.24) is 9.47 Å². The van der Waals surface area contributed by atoms with Gasteiger partial charge in [-0.3, -0.25) is 9.69 Å². The monoisotopic (exact) mass is 504 g/mol. The lowest BCUT2D eigenvalue weighted by Gasteiger charge is -2.57. The Labute approximate surface area is 207 Å². The minimum atomic E-state index is -3.16. The summed E-state index contributed by atoms with van der Waals surface area (Å²) in [6, 6.07) is 8.45. The zero-order chi connectivity index (χ0) is 26.5. The number of fused-ring (bicyclic) bond motifs is 3. The van der Waals surface area contributed by atoms with Gasteiger partial charge in [0.25, 0.3) is 5.79 Å². The average Bonchev–Trinajstić information content (AvgIpc) is 3.18. The first-order chi connectivity index (χ1) is 16.9. The number of rotatable bonds is 5. The first kappa shape index (κ1) is 26.1. The van der Waals surface area contributed by atoms with Crippen molar-refractivity contribution < 1.29 is 44.7 Å². The van der Waals surface area contributed by atoms with E-state index in [1.165, 1.54) is 18.1 Å². The van der Waals surface area contributed by atoms with Crippen LogP contribution in [0.5, 0.6) is 0 Å². The van der Waals surface area contributed by atoms with Crippen LogP contribution in [0.1, 0.15) is 56.3 Å². The molecule has 4 heterocycles. The minimum Gasteiger partial charge on any atom is -0.481 e. The Hall–Kier alpha value is -2.99. The van der Waals surface area contributed by atoms with Crippen molar-refractivity contribution in [2.75, 3.05) is 20.2 Å². The minimum absolute atomic E-state index is 0.0826. The first-order valence-electron chi connectivity index (χ1n) is 12.0. The van der Waals surface area contributed by atoms with Crippen molar-refractivity contribution >= 4 is 28.8 Å². The molecule has 1 saturated heterocycles. The number of carbonyl (C=O) groups is 3. The highest BCUT2D eigenvalue weighted by molar-refractivity contribution is 5.90. The highest BCUT2D eigenvalue weighted by atomic mass is 16.5. The Kier molecular flexibility index (Phi) is 6.63. The third kappa shape index (κ3) is 3.96. The molecule has 11 heteroatoms. The molecule has 5 rings (SSSR count). The third-order valence-electron chi connectivity index (χ3n) is 7.92. The number of carbonyl (C=O) groups excluding carboxylic acids is 1. The van der Waals surface area contributed by atoms with E-state index in [1.54, 1.807) is 0 Å². The van der Waals surface area contributed by atoms with E-state index in [4.69, 9.17) is 25.2 Å². The maximum absolute atomic E-state index is 12.8. The van der Waals surface area contributed by atoms with Crippen LogP contribution >= 0.6 is 0 Å². The van der Waals surface area contributed by atoms with Crippen LogP contribution in [0.2, 0.25) is 0 Å². The topological polar surface area (TPSA) is 170 Å². The molecule has 1 fully saturated rings. The number of carboxylic acid groups (broad SMARTS) is 2. The number of esters is 1. The maximum Gasteiger partial charge on any atom is 0.364 e. The van der Waals surface area contributed by atoms with Crippen LogP contribution in [0.3, 0.4) is 0 Å². The molecule has 196 valence electrons. The first-order valence-corrected chi connectivity index (χ1v) is 12.0. The van der Waals surface area contributed by atoms with Crippen molar-refractivity contribution in [3.8, 4) is 0 Å². The molecule has 2 aromatic rings. The Morgan fingerprint density at radius 1 is 1.17 bits per heavy atom. The number of piperidine rings is 1. The third-order valence-corrected chi connectivity index (χ3v) is 7.92. The molecule has 36 heavy (non-hydrogen) atoms. The molecular formula is C25H32N2O9. The molecule has 5 N–H and O–H groups in total. The van der Waals surface area contributed by atoms with Crippen molar-refractivity contribution in [2.45, 2.75) is 63.0 Å². The van der Waals surface area contributed by atoms with Gasteiger partial charge in [0.15, 0.2) is 0 Å². The fourth-order valence-corrected chi connectivity index (χ4v) is 6.39. The Morgan fingerprint density at radius 3 is 2.44 bits per heavy atom. The second-order valence-corrected chi connectivity index (χ2v) is 9.90. The summed E-state index contributed by atoms with van der Waals surface area (Å²) >= 11 is 0. The number of carboxylic acids is 2. The molecule has 0 amide bonds. The van der Waals surface area contributed by atoms with Gasteiger partial charge in [0, 0.05) is 24.0 Å². The van der Waals surface area contributed by atoms with Crippen molar-refractivity contribution in [3.05, 3.63) is 35.5 Å². The number of aliphatic carboxylic acids is 2. The zero-order valence-electron chi connectivity index (χ0n) is 20.3. The fraction of sp³-hybridized carbons (Fsp3) is 0.560. The average molecular weight is 505 g/mol. The normalized spacial score (nSPS) is 27.0. The largest absolute Gasteiger partial charge is 0.481 e. The molecular weight excluding hydrogens is 472 g/mol. The predicted octanol–water partition coefficient (Wildman–Crippen LogP) is 1.18. The van der Waals surface area contributed by atoms with Gasteiger partial charge < -0.3 is 34.8 Å². The molecule has 1 aromatic carbocycles. The Bertz CT molecular complexity index is 1210. The summed E-state index contributed by atoms with van der Waals surface area (Å²) in [6.45, 7) is 4.36. The van der Waals surface area contributed by atoms with E-state index in [-0.39, 0.29) is 11.5 Å². The second kappa shape index (κ2) is 9.15. The number of aromatic nitrogens is 1. The van der Waals surface area contributed by atoms with E-state index in [2.05, 4.69) is 17.9 Å². The van der Waals surface area contributed by atoms with E-state index in [0.29, 0.717) is 6.42 Å². The highest BCUT2D eigenvalue weighted by Crippen LogP contribution is 2.60. The van der Waals surface area contributed by atoms with E-state index in [0.717, 1.165) is 50.0 Å². The summed E-state index contributed by atoms with van der Waals surface area (Å²) in [5, 5.41) is 45.4. The lowest BCUT2D eigenvalue weighted by atomic mass is 9.62. The number of ether oxygens (including phenoxy) is 1. The molecule has 3 atom stereocenters. The van der Waals surface area contributed by atoms with Crippen LogP contribution in [0, 0.1) is 5.41 Å². The zero-order valence-corrected chi connectivity index (χ0v) is 20.3. The summed E-state index contributed by atoms with van der Waals surface area (Å²) in [6.07, 6.45) is 3.28. The molecule has 0 radical (unpaired) electrons. The number of para-hydroxylation sites is 1. The summed E-state index contributed by atoms with van der Waals surface area (Å²) < 4.78 is 7.01. The van der Waals surface area contributed by atoms with Crippen LogP contribution in [-0.4, -0.2) is 78.9 Å². The number of methoxy groups -OCH3 is 1. The summed E-state index contributed by atoms with van der Waals surface area (Å²) in [5.41, 5.74) is 1.69. The Morgan fingerprint density at radius 2 is 1.86 bits per heavy atom.